The number of rotatable bonds is 0. The number of halogens is 4. The molecule has 0 N–H and O–H groups in total. The van der Waals surface area contributed by atoms with Gasteiger partial charge in [-0.15, -0.1) is 0 Å². The Kier molecular flexibility index (Phi) is 2.93. The monoisotopic (exact) mass is 317 g/mol. The second-order valence-corrected chi connectivity index (χ2v) is 3.93. The lowest BCUT2D eigenvalue weighted by Crippen LogP contribution is -2.22. The van der Waals surface area contributed by atoms with Crippen molar-refractivity contribution in [2.75, 3.05) is 0 Å². The van der Waals surface area contributed by atoms with E-state index in [1.807, 2.05) is 0 Å². The number of hydrogen-bond acceptors (Lipinski definition) is 1. The van der Waals surface area contributed by atoms with E-state index in [1.165, 1.54) is 14.0 Å². The van der Waals surface area contributed by atoms with Gasteiger partial charge in [0.15, 0.2) is 5.43 Å². The van der Waals surface area contributed by atoms with Crippen molar-refractivity contribution in [2.45, 2.75) is 13.1 Å². The maximum atomic E-state index is 12.4. The van der Waals surface area contributed by atoms with E-state index >= 15 is 0 Å². The van der Waals surface area contributed by atoms with Gasteiger partial charge in [-0.05, 0) is 29.5 Å². The van der Waals surface area contributed by atoms with E-state index in [0.29, 0.717) is 15.3 Å². The molecule has 0 radical (unpaired) electrons. The summed E-state index contributed by atoms with van der Waals surface area (Å²) < 4.78 is 38.4. The fourth-order valence-electron chi connectivity index (χ4n) is 1.06. The van der Waals surface area contributed by atoms with Gasteiger partial charge in [-0.25, -0.2) is 0 Å². The molecule has 1 rings (SSSR count). The molecule has 0 aliphatic carbocycles. The normalized spacial score (nSPS) is 11.9. The summed E-state index contributed by atoms with van der Waals surface area (Å²) in [5.41, 5.74) is -1.18. The number of hydrogen-bond donors (Lipinski definition) is 0. The average molecular weight is 317 g/mol. The van der Waals surface area contributed by atoms with E-state index < -0.39 is 17.3 Å². The van der Waals surface area contributed by atoms with Crippen LogP contribution in [0.4, 0.5) is 13.2 Å². The van der Waals surface area contributed by atoms with Crippen LogP contribution < -0.4 is 5.43 Å². The van der Waals surface area contributed by atoms with Gasteiger partial charge < -0.3 is 4.57 Å². The Morgan fingerprint density at radius 3 is 2.36 bits per heavy atom. The topological polar surface area (TPSA) is 22.0 Å². The highest BCUT2D eigenvalue weighted by Crippen LogP contribution is 2.28. The number of pyridine rings is 1. The zero-order chi connectivity index (χ0) is 11.1. The van der Waals surface area contributed by atoms with E-state index in [1.54, 1.807) is 22.6 Å². The standard InChI is InChI=1S/C8H7F3INO/c1-4-7(12)5(14)3-6(13(4)2)8(9,10)11/h3H,1-2H3. The van der Waals surface area contributed by atoms with Crippen LogP contribution in [0.3, 0.4) is 0 Å². The maximum absolute atomic E-state index is 12.4. The molecule has 0 aliphatic heterocycles. The first-order valence-electron chi connectivity index (χ1n) is 3.68. The first kappa shape index (κ1) is 11.5. The number of alkyl halides is 3. The Hall–Kier alpha value is -0.530. The lowest BCUT2D eigenvalue weighted by molar-refractivity contribution is -0.143. The highest BCUT2D eigenvalue weighted by molar-refractivity contribution is 14.1. The molecule has 0 aromatic carbocycles. The SMILES string of the molecule is Cc1c(I)c(=O)cc(C(F)(F)F)n1C. The van der Waals surface area contributed by atoms with Crippen LogP contribution in [0.5, 0.6) is 0 Å². The number of aromatic nitrogens is 1. The second-order valence-electron chi connectivity index (χ2n) is 2.85. The third kappa shape index (κ3) is 1.94. The van der Waals surface area contributed by atoms with Crippen LogP contribution in [0.1, 0.15) is 11.4 Å². The van der Waals surface area contributed by atoms with Crippen LogP contribution in [0, 0.1) is 10.5 Å². The molecule has 0 saturated carbocycles. The molecule has 6 heteroatoms. The highest BCUT2D eigenvalue weighted by atomic mass is 127. The smallest absolute Gasteiger partial charge is 0.343 e. The van der Waals surface area contributed by atoms with E-state index in [0.717, 1.165) is 4.57 Å². The van der Waals surface area contributed by atoms with Gasteiger partial charge in [-0.2, -0.15) is 13.2 Å². The minimum absolute atomic E-state index is 0.318. The van der Waals surface area contributed by atoms with Crippen LogP contribution in [-0.4, -0.2) is 4.57 Å². The van der Waals surface area contributed by atoms with Gasteiger partial charge in [-0.3, -0.25) is 4.79 Å². The Balaban J connectivity index is 3.57. The molecular weight excluding hydrogens is 310 g/mol. The zero-order valence-corrected chi connectivity index (χ0v) is 9.60. The Morgan fingerprint density at radius 1 is 1.43 bits per heavy atom. The highest BCUT2D eigenvalue weighted by Gasteiger charge is 2.34. The summed E-state index contributed by atoms with van der Waals surface area (Å²) in [5.74, 6) is 0. The fourth-order valence-corrected chi connectivity index (χ4v) is 1.58. The largest absolute Gasteiger partial charge is 0.431 e. The van der Waals surface area contributed by atoms with Crippen LogP contribution >= 0.6 is 22.6 Å². The van der Waals surface area contributed by atoms with E-state index in [2.05, 4.69) is 0 Å². The Morgan fingerprint density at radius 2 is 1.93 bits per heavy atom. The van der Waals surface area contributed by atoms with Crippen molar-refractivity contribution in [1.82, 2.24) is 4.57 Å². The van der Waals surface area contributed by atoms with Crippen LogP contribution in [0.2, 0.25) is 0 Å². The van der Waals surface area contributed by atoms with Gasteiger partial charge in [0.25, 0.3) is 0 Å². The molecule has 0 fully saturated rings. The second kappa shape index (κ2) is 3.56. The van der Waals surface area contributed by atoms with Gasteiger partial charge in [0.2, 0.25) is 0 Å². The first-order valence-corrected chi connectivity index (χ1v) is 4.76. The van der Waals surface area contributed by atoms with Crippen molar-refractivity contribution < 1.29 is 13.2 Å². The summed E-state index contributed by atoms with van der Waals surface area (Å²) in [4.78, 5) is 11.1. The molecule has 1 aromatic rings. The summed E-state index contributed by atoms with van der Waals surface area (Å²) in [6.45, 7) is 1.48. The Labute approximate surface area is 91.9 Å². The summed E-state index contributed by atoms with van der Waals surface area (Å²) in [6, 6.07) is 0.620. The van der Waals surface area contributed by atoms with Crippen molar-refractivity contribution in [3.63, 3.8) is 0 Å². The van der Waals surface area contributed by atoms with Crippen molar-refractivity contribution >= 4 is 22.6 Å². The molecule has 1 heterocycles. The van der Waals surface area contributed by atoms with Crippen LogP contribution in [-0.2, 0) is 13.2 Å². The van der Waals surface area contributed by atoms with E-state index in [9.17, 15) is 18.0 Å². The zero-order valence-electron chi connectivity index (χ0n) is 7.44. The summed E-state index contributed by atoms with van der Waals surface area (Å²) in [6.07, 6.45) is -4.48. The van der Waals surface area contributed by atoms with Crippen molar-refractivity contribution in [2.24, 2.45) is 7.05 Å². The molecular formula is C8H7F3INO. The molecule has 2 nitrogen and oxygen atoms in total. The van der Waals surface area contributed by atoms with E-state index in [4.69, 9.17) is 0 Å². The lowest BCUT2D eigenvalue weighted by Gasteiger charge is -2.15. The third-order valence-electron chi connectivity index (χ3n) is 1.96. The molecule has 0 saturated heterocycles. The van der Waals surface area contributed by atoms with Crippen molar-refractivity contribution in [3.05, 3.63) is 31.2 Å². The van der Waals surface area contributed by atoms with Crippen LogP contribution in [0.15, 0.2) is 10.9 Å². The lowest BCUT2D eigenvalue weighted by atomic mass is 10.3. The predicted molar refractivity (Wildman–Crippen MR) is 54.1 cm³/mol. The molecule has 0 unspecified atom stereocenters. The molecule has 1 aromatic heterocycles. The fraction of sp³-hybridized carbons (Fsp3) is 0.375. The third-order valence-corrected chi connectivity index (χ3v) is 3.27. The Bertz CT molecular complexity index is 422. The van der Waals surface area contributed by atoms with Gasteiger partial charge in [0.1, 0.15) is 5.69 Å². The van der Waals surface area contributed by atoms with E-state index in [-0.39, 0.29) is 0 Å². The summed E-state index contributed by atoms with van der Waals surface area (Å²) in [7, 11) is 1.29. The minimum Gasteiger partial charge on any atom is -0.343 e. The number of nitrogens with zero attached hydrogens (tertiary/aromatic N) is 1. The van der Waals surface area contributed by atoms with Crippen molar-refractivity contribution in [3.8, 4) is 0 Å². The molecule has 0 bridgehead atoms. The van der Waals surface area contributed by atoms with Gasteiger partial charge in [0, 0.05) is 18.8 Å². The molecule has 0 atom stereocenters. The van der Waals surface area contributed by atoms with Gasteiger partial charge >= 0.3 is 6.18 Å². The van der Waals surface area contributed by atoms with Gasteiger partial charge in [0.05, 0.1) is 3.57 Å². The predicted octanol–water partition coefficient (Wildman–Crippen LogP) is 2.32. The summed E-state index contributed by atoms with van der Waals surface area (Å²) in [5, 5.41) is 0. The molecule has 14 heavy (non-hydrogen) atoms. The van der Waals surface area contributed by atoms with Crippen LogP contribution in [0.25, 0.3) is 0 Å². The first-order chi connectivity index (χ1) is 6.25. The minimum atomic E-state index is -4.48. The molecule has 78 valence electrons. The van der Waals surface area contributed by atoms with Crippen molar-refractivity contribution in [1.29, 1.82) is 0 Å². The molecule has 0 aliphatic rings. The maximum Gasteiger partial charge on any atom is 0.431 e. The quantitative estimate of drug-likeness (QED) is 0.673. The molecule has 0 amide bonds. The van der Waals surface area contributed by atoms with Gasteiger partial charge in [-0.1, -0.05) is 0 Å². The molecule has 0 spiro atoms. The summed E-state index contributed by atoms with van der Waals surface area (Å²) >= 11 is 1.74. The average Bonchev–Trinajstić information content (AvgIpc) is 2.06.